The van der Waals surface area contributed by atoms with Crippen molar-refractivity contribution < 1.29 is 0 Å². The van der Waals surface area contributed by atoms with Crippen LogP contribution in [-0.4, -0.2) is 61.2 Å². The Kier molecular flexibility index (Phi) is 4.96. The second-order valence-electron chi connectivity index (χ2n) is 8.59. The predicted molar refractivity (Wildman–Crippen MR) is 102 cm³/mol. The van der Waals surface area contributed by atoms with Crippen molar-refractivity contribution in [3.8, 4) is 0 Å². The standard InChI is InChI=1S/C20H33N5/c1-16-22-18(17-5-9-21-10-6-17)13-19(23-16)25-12-4-8-20(15-25)7-3-11-24(2)14-20/h13,17,21H,3-12,14-15H2,1-2H3. The fraction of sp³-hybridized carbons (Fsp3) is 0.800. The first-order chi connectivity index (χ1) is 12.1. The first-order valence-corrected chi connectivity index (χ1v) is 10.1. The Morgan fingerprint density at radius 2 is 1.84 bits per heavy atom. The highest BCUT2D eigenvalue weighted by Crippen LogP contribution is 2.39. The SMILES string of the molecule is Cc1nc(C2CCNCC2)cc(N2CCCC3(CCCN(C)C3)C2)n1. The van der Waals surface area contributed by atoms with Crippen LogP contribution in [0.25, 0.3) is 0 Å². The van der Waals surface area contributed by atoms with Crippen LogP contribution in [0.2, 0.25) is 0 Å². The van der Waals surface area contributed by atoms with E-state index < -0.39 is 0 Å². The summed E-state index contributed by atoms with van der Waals surface area (Å²) in [7, 11) is 2.28. The van der Waals surface area contributed by atoms with Crippen molar-refractivity contribution in [1.29, 1.82) is 0 Å². The van der Waals surface area contributed by atoms with Crippen LogP contribution in [0.15, 0.2) is 6.07 Å². The summed E-state index contributed by atoms with van der Waals surface area (Å²) < 4.78 is 0. The van der Waals surface area contributed by atoms with E-state index in [-0.39, 0.29) is 0 Å². The molecule has 3 aliphatic heterocycles. The highest BCUT2D eigenvalue weighted by Gasteiger charge is 2.38. The molecule has 0 saturated carbocycles. The van der Waals surface area contributed by atoms with Gasteiger partial charge in [-0.15, -0.1) is 0 Å². The first-order valence-electron chi connectivity index (χ1n) is 10.1. The summed E-state index contributed by atoms with van der Waals surface area (Å²) in [6.07, 6.45) is 7.78. The molecule has 5 nitrogen and oxygen atoms in total. The molecule has 3 fully saturated rings. The second-order valence-corrected chi connectivity index (χ2v) is 8.59. The number of nitrogens with zero attached hydrogens (tertiary/aromatic N) is 4. The van der Waals surface area contributed by atoms with Gasteiger partial charge >= 0.3 is 0 Å². The van der Waals surface area contributed by atoms with Crippen LogP contribution in [0.3, 0.4) is 0 Å². The first kappa shape index (κ1) is 17.2. The number of hydrogen-bond donors (Lipinski definition) is 1. The Morgan fingerprint density at radius 1 is 1.08 bits per heavy atom. The number of likely N-dealkylation sites (tertiary alicyclic amines) is 1. The molecule has 138 valence electrons. The lowest BCUT2D eigenvalue weighted by atomic mass is 9.74. The third-order valence-electron chi connectivity index (χ3n) is 6.44. The summed E-state index contributed by atoms with van der Waals surface area (Å²) >= 11 is 0. The zero-order chi connectivity index (χ0) is 17.3. The maximum Gasteiger partial charge on any atom is 0.132 e. The average molecular weight is 344 g/mol. The number of nitrogens with one attached hydrogen (secondary N) is 1. The molecule has 3 aliphatic rings. The Balaban J connectivity index is 1.55. The maximum absolute atomic E-state index is 4.83. The average Bonchev–Trinajstić information content (AvgIpc) is 2.62. The van der Waals surface area contributed by atoms with Crippen molar-refractivity contribution in [3.63, 3.8) is 0 Å². The molecule has 5 heteroatoms. The van der Waals surface area contributed by atoms with Gasteiger partial charge in [-0.1, -0.05) is 0 Å². The maximum atomic E-state index is 4.83. The van der Waals surface area contributed by atoms with Gasteiger partial charge in [-0.3, -0.25) is 0 Å². The third-order valence-corrected chi connectivity index (χ3v) is 6.44. The van der Waals surface area contributed by atoms with E-state index in [2.05, 4.69) is 35.2 Å². The smallest absolute Gasteiger partial charge is 0.132 e. The highest BCUT2D eigenvalue weighted by molar-refractivity contribution is 5.42. The lowest BCUT2D eigenvalue weighted by Crippen LogP contribution is -2.51. The van der Waals surface area contributed by atoms with Gasteiger partial charge in [0.1, 0.15) is 11.6 Å². The van der Waals surface area contributed by atoms with Crippen LogP contribution in [0.4, 0.5) is 5.82 Å². The fourth-order valence-electron chi connectivity index (χ4n) is 5.25. The summed E-state index contributed by atoms with van der Waals surface area (Å²) in [5, 5.41) is 3.46. The molecular formula is C20H33N5. The molecule has 1 atom stereocenters. The third kappa shape index (κ3) is 3.82. The van der Waals surface area contributed by atoms with Crippen molar-refractivity contribution in [1.82, 2.24) is 20.2 Å². The molecule has 0 aliphatic carbocycles. The summed E-state index contributed by atoms with van der Waals surface area (Å²) in [5.41, 5.74) is 1.74. The Hall–Kier alpha value is -1.20. The van der Waals surface area contributed by atoms with Crippen molar-refractivity contribution in [2.75, 3.05) is 51.2 Å². The number of anilines is 1. The predicted octanol–water partition coefficient (Wildman–Crippen LogP) is 2.56. The molecule has 0 radical (unpaired) electrons. The fourth-order valence-corrected chi connectivity index (χ4v) is 5.25. The van der Waals surface area contributed by atoms with Gasteiger partial charge in [0.05, 0.1) is 0 Å². The van der Waals surface area contributed by atoms with E-state index in [1.807, 2.05) is 0 Å². The van der Waals surface area contributed by atoms with Crippen LogP contribution in [0.5, 0.6) is 0 Å². The molecular weight excluding hydrogens is 310 g/mol. The Morgan fingerprint density at radius 3 is 2.60 bits per heavy atom. The number of hydrogen-bond acceptors (Lipinski definition) is 5. The van der Waals surface area contributed by atoms with Gasteiger partial charge in [0.2, 0.25) is 0 Å². The molecule has 1 unspecified atom stereocenters. The van der Waals surface area contributed by atoms with Gasteiger partial charge < -0.3 is 15.1 Å². The largest absolute Gasteiger partial charge is 0.356 e. The lowest BCUT2D eigenvalue weighted by Gasteiger charge is -2.48. The van der Waals surface area contributed by atoms with Crippen molar-refractivity contribution in [3.05, 3.63) is 17.6 Å². The van der Waals surface area contributed by atoms with E-state index in [4.69, 9.17) is 9.97 Å². The van der Waals surface area contributed by atoms with E-state index in [1.165, 1.54) is 69.7 Å². The summed E-state index contributed by atoms with van der Waals surface area (Å²) in [6.45, 7) is 9.10. The minimum absolute atomic E-state index is 0.471. The van der Waals surface area contributed by atoms with E-state index in [9.17, 15) is 0 Å². The Bertz CT molecular complexity index is 594. The van der Waals surface area contributed by atoms with Gasteiger partial charge in [0, 0.05) is 42.7 Å². The van der Waals surface area contributed by atoms with Crippen molar-refractivity contribution in [2.24, 2.45) is 5.41 Å². The van der Waals surface area contributed by atoms with Crippen LogP contribution in [0.1, 0.15) is 56.0 Å². The van der Waals surface area contributed by atoms with E-state index in [1.54, 1.807) is 0 Å². The summed E-state index contributed by atoms with van der Waals surface area (Å²) in [5.74, 6) is 2.71. The van der Waals surface area contributed by atoms with Gasteiger partial charge in [-0.25, -0.2) is 9.97 Å². The van der Waals surface area contributed by atoms with Crippen LogP contribution < -0.4 is 10.2 Å². The molecule has 1 aromatic rings. The molecule has 0 aromatic carbocycles. The van der Waals surface area contributed by atoms with Gasteiger partial charge in [0.25, 0.3) is 0 Å². The van der Waals surface area contributed by atoms with Gasteiger partial charge in [-0.2, -0.15) is 0 Å². The second kappa shape index (κ2) is 7.20. The number of piperidine rings is 3. The minimum atomic E-state index is 0.471. The zero-order valence-corrected chi connectivity index (χ0v) is 15.9. The number of aryl methyl sites for hydroxylation is 1. The quantitative estimate of drug-likeness (QED) is 0.894. The summed E-state index contributed by atoms with van der Waals surface area (Å²) in [4.78, 5) is 14.7. The summed E-state index contributed by atoms with van der Waals surface area (Å²) in [6, 6.07) is 2.30. The number of aromatic nitrogens is 2. The van der Waals surface area contributed by atoms with Crippen molar-refractivity contribution >= 4 is 5.82 Å². The monoisotopic (exact) mass is 343 g/mol. The molecule has 1 spiro atoms. The van der Waals surface area contributed by atoms with E-state index >= 15 is 0 Å². The lowest BCUT2D eigenvalue weighted by molar-refractivity contribution is 0.0907. The van der Waals surface area contributed by atoms with Crippen LogP contribution in [0, 0.1) is 12.3 Å². The van der Waals surface area contributed by atoms with E-state index in [0.717, 1.165) is 25.5 Å². The van der Waals surface area contributed by atoms with Gasteiger partial charge in [0.15, 0.2) is 0 Å². The molecule has 4 heterocycles. The zero-order valence-electron chi connectivity index (χ0n) is 15.9. The molecule has 1 aromatic heterocycles. The molecule has 0 amide bonds. The van der Waals surface area contributed by atoms with Crippen molar-refractivity contribution in [2.45, 2.75) is 51.4 Å². The number of rotatable bonds is 2. The topological polar surface area (TPSA) is 44.3 Å². The normalized spacial score (nSPS) is 29.3. The Labute approximate surface area is 152 Å². The minimum Gasteiger partial charge on any atom is -0.356 e. The van der Waals surface area contributed by atoms with Crippen LogP contribution >= 0.6 is 0 Å². The molecule has 4 rings (SSSR count). The van der Waals surface area contributed by atoms with Crippen LogP contribution in [-0.2, 0) is 0 Å². The molecule has 25 heavy (non-hydrogen) atoms. The van der Waals surface area contributed by atoms with Gasteiger partial charge in [-0.05, 0) is 72.1 Å². The molecule has 3 saturated heterocycles. The molecule has 1 N–H and O–H groups in total. The van der Waals surface area contributed by atoms with E-state index in [0.29, 0.717) is 11.3 Å². The molecule has 0 bridgehead atoms. The highest BCUT2D eigenvalue weighted by atomic mass is 15.2.